The molecule has 4 aromatic rings. The van der Waals surface area contributed by atoms with Crippen molar-refractivity contribution in [2.24, 2.45) is 0 Å². The Balaban J connectivity index is 1.82. The topological polar surface area (TPSA) is 65.1 Å². The lowest BCUT2D eigenvalue weighted by Gasteiger charge is -2.20. The van der Waals surface area contributed by atoms with Crippen LogP contribution in [0.15, 0.2) is 84.9 Å². The Morgan fingerprint density at radius 3 is 2.22 bits per heavy atom. The lowest BCUT2D eigenvalue weighted by atomic mass is 9.95. The fraction of sp³-hybridized carbons (Fsp3) is 0.0870. The fourth-order valence-corrected chi connectivity index (χ4v) is 3.48. The minimum atomic E-state index is -0.955. The normalized spacial score (nSPS) is 12.1. The molecule has 0 bridgehead atoms. The molecule has 1 heterocycles. The summed E-state index contributed by atoms with van der Waals surface area (Å²) in [7, 11) is 0. The molecule has 1 unspecified atom stereocenters. The van der Waals surface area contributed by atoms with Crippen molar-refractivity contribution in [2.75, 3.05) is 0 Å². The Kier molecular flexibility index (Phi) is 4.73. The van der Waals surface area contributed by atoms with Crippen LogP contribution >= 0.6 is 0 Å². The van der Waals surface area contributed by atoms with E-state index < -0.39 is 5.97 Å². The van der Waals surface area contributed by atoms with Crippen molar-refractivity contribution in [3.8, 4) is 0 Å². The molecule has 4 heteroatoms. The van der Waals surface area contributed by atoms with E-state index >= 15 is 0 Å². The monoisotopic (exact) mass is 356 g/mol. The Bertz CT molecular complexity index is 1060. The van der Waals surface area contributed by atoms with Gasteiger partial charge >= 0.3 is 5.97 Å². The molecule has 4 nitrogen and oxygen atoms in total. The zero-order valence-corrected chi connectivity index (χ0v) is 14.7. The zero-order valence-electron chi connectivity index (χ0n) is 14.7. The van der Waals surface area contributed by atoms with E-state index in [0.717, 1.165) is 27.6 Å². The van der Waals surface area contributed by atoms with E-state index in [9.17, 15) is 9.90 Å². The maximum atomic E-state index is 11.9. The summed E-state index contributed by atoms with van der Waals surface area (Å²) in [6, 6.07) is 27.5. The lowest BCUT2D eigenvalue weighted by Crippen LogP contribution is -2.23. The van der Waals surface area contributed by atoms with Gasteiger partial charge in [0.25, 0.3) is 0 Å². The largest absolute Gasteiger partial charge is 0.477 e. The number of carboxylic acid groups (broad SMARTS) is 1. The molecule has 0 fully saturated rings. The summed E-state index contributed by atoms with van der Waals surface area (Å²) in [4.78, 5) is 15.0. The summed E-state index contributed by atoms with van der Waals surface area (Å²) in [6.07, 6.45) is 0. The third-order valence-corrected chi connectivity index (χ3v) is 4.73. The number of nitrogens with one attached hydrogen (secondary N) is 2. The van der Waals surface area contributed by atoms with Crippen molar-refractivity contribution in [1.82, 2.24) is 10.3 Å². The van der Waals surface area contributed by atoms with Crippen LogP contribution in [-0.4, -0.2) is 16.1 Å². The number of H-pyrrole nitrogens is 1. The van der Waals surface area contributed by atoms with Crippen molar-refractivity contribution in [3.63, 3.8) is 0 Å². The van der Waals surface area contributed by atoms with Crippen molar-refractivity contribution >= 4 is 16.9 Å². The maximum Gasteiger partial charge on any atom is 0.352 e. The standard InChI is InChI=1S/C23H20N2O2/c26-23(27)22-20(18-13-7-8-14-19(18)25-22)21(17-11-5-2-6-12-17)24-15-16-9-3-1-4-10-16/h1-14,21,24-25H,15H2,(H,26,27). The molecular weight excluding hydrogens is 336 g/mol. The molecule has 0 aliphatic carbocycles. The number of aromatic amines is 1. The number of para-hydroxylation sites is 1. The summed E-state index contributed by atoms with van der Waals surface area (Å²) in [6.45, 7) is 0.638. The number of carboxylic acids is 1. The Morgan fingerprint density at radius 2 is 1.52 bits per heavy atom. The molecule has 4 rings (SSSR count). The molecule has 3 N–H and O–H groups in total. The summed E-state index contributed by atoms with van der Waals surface area (Å²) in [5.41, 5.74) is 3.99. The van der Waals surface area contributed by atoms with Gasteiger partial charge in [0.1, 0.15) is 5.69 Å². The van der Waals surface area contributed by atoms with Gasteiger partial charge in [0.2, 0.25) is 0 Å². The highest BCUT2D eigenvalue weighted by molar-refractivity contribution is 5.98. The number of aromatic nitrogens is 1. The summed E-state index contributed by atoms with van der Waals surface area (Å²) < 4.78 is 0. The van der Waals surface area contributed by atoms with Crippen molar-refractivity contribution in [1.29, 1.82) is 0 Å². The molecule has 3 aromatic carbocycles. The average molecular weight is 356 g/mol. The molecule has 0 saturated carbocycles. The second-order valence-corrected chi connectivity index (χ2v) is 6.47. The first-order valence-electron chi connectivity index (χ1n) is 8.90. The van der Waals surface area contributed by atoms with Crippen molar-refractivity contribution < 1.29 is 9.90 Å². The number of hydrogen-bond donors (Lipinski definition) is 3. The first-order chi connectivity index (χ1) is 13.2. The van der Waals surface area contributed by atoms with Gasteiger partial charge in [-0.2, -0.15) is 0 Å². The number of benzene rings is 3. The first kappa shape index (κ1) is 17.1. The van der Waals surface area contributed by atoms with Crippen LogP contribution in [0.4, 0.5) is 0 Å². The van der Waals surface area contributed by atoms with Crippen LogP contribution in [0.1, 0.15) is 33.2 Å². The van der Waals surface area contributed by atoms with E-state index in [-0.39, 0.29) is 11.7 Å². The van der Waals surface area contributed by atoms with Crippen molar-refractivity contribution in [3.05, 3.63) is 107 Å². The molecule has 0 radical (unpaired) electrons. The minimum Gasteiger partial charge on any atom is -0.477 e. The summed E-state index contributed by atoms with van der Waals surface area (Å²) >= 11 is 0. The number of carbonyl (C=O) groups is 1. The second-order valence-electron chi connectivity index (χ2n) is 6.47. The molecule has 0 spiro atoms. The maximum absolute atomic E-state index is 11.9. The van der Waals surface area contributed by atoms with Crippen LogP contribution < -0.4 is 5.32 Å². The van der Waals surface area contributed by atoms with E-state index in [1.165, 1.54) is 0 Å². The number of aromatic carboxylic acids is 1. The van der Waals surface area contributed by atoms with Gasteiger partial charge in [0.15, 0.2) is 0 Å². The predicted molar refractivity (Wildman–Crippen MR) is 107 cm³/mol. The SMILES string of the molecule is O=C(O)c1[nH]c2ccccc2c1C(NCc1ccccc1)c1ccccc1. The quantitative estimate of drug-likeness (QED) is 0.467. The van der Waals surface area contributed by atoms with Gasteiger partial charge in [-0.25, -0.2) is 4.79 Å². The second kappa shape index (κ2) is 7.48. The third-order valence-electron chi connectivity index (χ3n) is 4.73. The van der Waals surface area contributed by atoms with Gasteiger partial charge in [-0.1, -0.05) is 78.9 Å². The molecule has 27 heavy (non-hydrogen) atoms. The van der Waals surface area contributed by atoms with Gasteiger partial charge in [0, 0.05) is 23.0 Å². The highest BCUT2D eigenvalue weighted by Crippen LogP contribution is 2.32. The average Bonchev–Trinajstić information content (AvgIpc) is 3.10. The van der Waals surface area contributed by atoms with Crippen LogP contribution in [0, 0.1) is 0 Å². The third kappa shape index (κ3) is 3.48. The van der Waals surface area contributed by atoms with Crippen molar-refractivity contribution in [2.45, 2.75) is 12.6 Å². The van der Waals surface area contributed by atoms with Crippen LogP contribution in [0.5, 0.6) is 0 Å². The molecule has 0 aliphatic rings. The number of rotatable bonds is 6. The molecule has 0 saturated heterocycles. The first-order valence-corrected chi connectivity index (χ1v) is 8.90. The molecule has 134 valence electrons. The Hall–Kier alpha value is -3.37. The minimum absolute atomic E-state index is 0.227. The fourth-order valence-electron chi connectivity index (χ4n) is 3.48. The van der Waals surface area contributed by atoms with Crippen LogP contribution in [-0.2, 0) is 6.54 Å². The van der Waals surface area contributed by atoms with E-state index in [1.54, 1.807) is 0 Å². The highest BCUT2D eigenvalue weighted by atomic mass is 16.4. The summed E-state index contributed by atoms with van der Waals surface area (Å²) in [5.74, 6) is -0.955. The van der Waals surface area contributed by atoms with Gasteiger partial charge in [-0.15, -0.1) is 0 Å². The van der Waals surface area contributed by atoms with Gasteiger partial charge in [0.05, 0.1) is 6.04 Å². The van der Waals surface area contributed by atoms with E-state index in [4.69, 9.17) is 0 Å². The molecular formula is C23H20N2O2. The number of fused-ring (bicyclic) bond motifs is 1. The van der Waals surface area contributed by atoms with Crippen LogP contribution in [0.2, 0.25) is 0 Å². The zero-order chi connectivity index (χ0) is 18.6. The van der Waals surface area contributed by atoms with Gasteiger partial charge < -0.3 is 15.4 Å². The molecule has 1 aromatic heterocycles. The van der Waals surface area contributed by atoms with E-state index in [2.05, 4.69) is 22.4 Å². The Labute approximate surface area is 157 Å². The summed E-state index contributed by atoms with van der Waals surface area (Å²) in [5, 5.41) is 14.3. The van der Waals surface area contributed by atoms with Gasteiger partial charge in [-0.3, -0.25) is 0 Å². The lowest BCUT2D eigenvalue weighted by molar-refractivity contribution is 0.0689. The molecule has 0 aliphatic heterocycles. The smallest absolute Gasteiger partial charge is 0.352 e. The highest BCUT2D eigenvalue weighted by Gasteiger charge is 2.25. The predicted octanol–water partition coefficient (Wildman–Crippen LogP) is 4.75. The number of hydrogen-bond acceptors (Lipinski definition) is 2. The van der Waals surface area contributed by atoms with Crippen LogP contribution in [0.25, 0.3) is 10.9 Å². The molecule has 1 atom stereocenters. The van der Waals surface area contributed by atoms with Crippen LogP contribution in [0.3, 0.4) is 0 Å². The Morgan fingerprint density at radius 1 is 0.889 bits per heavy atom. The molecule has 0 amide bonds. The van der Waals surface area contributed by atoms with E-state index in [0.29, 0.717) is 6.54 Å². The van der Waals surface area contributed by atoms with Gasteiger partial charge in [-0.05, 0) is 17.2 Å². The van der Waals surface area contributed by atoms with E-state index in [1.807, 2.05) is 72.8 Å².